The summed E-state index contributed by atoms with van der Waals surface area (Å²) < 4.78 is 6.86. The summed E-state index contributed by atoms with van der Waals surface area (Å²) in [6.07, 6.45) is 3.37. The fourth-order valence-electron chi connectivity index (χ4n) is 3.41. The number of para-hydroxylation sites is 1. The highest BCUT2D eigenvalue weighted by Crippen LogP contribution is 2.35. The van der Waals surface area contributed by atoms with Gasteiger partial charge in [-0.15, -0.1) is 11.3 Å². The minimum Gasteiger partial charge on any atom is -0.453 e. The fraction of sp³-hybridized carbons (Fsp3) is 0.333. The number of nitrogens with zero attached hydrogens (tertiary/aromatic N) is 3. The van der Waals surface area contributed by atoms with E-state index in [4.69, 9.17) is 9.72 Å². The van der Waals surface area contributed by atoms with Gasteiger partial charge in [0, 0.05) is 41.1 Å². The van der Waals surface area contributed by atoms with Crippen molar-refractivity contribution in [2.45, 2.75) is 31.9 Å². The van der Waals surface area contributed by atoms with Crippen LogP contribution in [0, 0.1) is 0 Å². The Kier molecular flexibility index (Phi) is 6.44. The first-order chi connectivity index (χ1) is 14.1. The smallest absolute Gasteiger partial charge is 0.188 e. The highest BCUT2D eigenvalue weighted by atomic mass is 79.9. The first-order valence-corrected chi connectivity index (χ1v) is 11.3. The Hall–Kier alpha value is -2.00. The van der Waals surface area contributed by atoms with Crippen molar-refractivity contribution in [1.29, 1.82) is 0 Å². The van der Waals surface area contributed by atoms with Crippen molar-refractivity contribution in [3.8, 4) is 11.5 Å². The van der Waals surface area contributed by atoms with Gasteiger partial charge in [0.2, 0.25) is 0 Å². The molecule has 0 spiro atoms. The number of ether oxygens (including phenoxy) is 1. The number of nitrogens with one attached hydrogen (secondary N) is 1. The number of aliphatic hydroxyl groups is 1. The molecule has 4 rings (SSSR count). The van der Waals surface area contributed by atoms with Crippen LogP contribution >= 0.6 is 27.3 Å². The van der Waals surface area contributed by atoms with Crippen molar-refractivity contribution in [2.24, 2.45) is 0 Å². The van der Waals surface area contributed by atoms with Gasteiger partial charge in [-0.25, -0.2) is 9.97 Å². The molecule has 1 fully saturated rings. The minimum atomic E-state index is -0.380. The van der Waals surface area contributed by atoms with Crippen molar-refractivity contribution in [3.63, 3.8) is 0 Å². The number of aliphatic hydroxyl groups excluding tert-OH is 1. The van der Waals surface area contributed by atoms with Gasteiger partial charge >= 0.3 is 0 Å². The standard InChI is InChI=1S/C21H23BrN4O2S/c1-14(27)26-9-7-15(8-10-26)18-13-29-21(24-18)25-20-19(11-16(22)12-23-20)28-17-5-3-2-4-6-17/h2-6,11-15,27H,7-10H2,1H3,(H,23,24,25). The molecule has 6 nitrogen and oxygen atoms in total. The average Bonchev–Trinajstić information content (AvgIpc) is 3.19. The second-order valence-electron chi connectivity index (χ2n) is 7.06. The number of hydrogen-bond donors (Lipinski definition) is 2. The number of hydrogen-bond acceptors (Lipinski definition) is 7. The molecule has 1 atom stereocenters. The summed E-state index contributed by atoms with van der Waals surface area (Å²) in [7, 11) is 0. The van der Waals surface area contributed by atoms with E-state index in [1.54, 1.807) is 17.5 Å². The predicted molar refractivity (Wildman–Crippen MR) is 119 cm³/mol. The number of aromatic nitrogens is 2. The Bertz CT molecular complexity index is 943. The number of anilines is 2. The van der Waals surface area contributed by atoms with Crippen LogP contribution in [-0.2, 0) is 0 Å². The van der Waals surface area contributed by atoms with Crippen LogP contribution in [0.2, 0.25) is 0 Å². The van der Waals surface area contributed by atoms with Gasteiger partial charge in [-0.1, -0.05) is 18.2 Å². The van der Waals surface area contributed by atoms with Crippen LogP contribution in [0.1, 0.15) is 31.4 Å². The molecule has 0 bridgehead atoms. The second kappa shape index (κ2) is 9.21. The molecule has 152 valence electrons. The molecule has 0 saturated carbocycles. The molecule has 0 radical (unpaired) electrons. The van der Waals surface area contributed by atoms with Crippen LogP contribution in [-0.4, -0.2) is 39.3 Å². The van der Waals surface area contributed by atoms with E-state index in [0.29, 0.717) is 17.5 Å². The van der Waals surface area contributed by atoms with Crippen molar-refractivity contribution >= 4 is 38.2 Å². The zero-order valence-corrected chi connectivity index (χ0v) is 18.5. The normalized spacial score (nSPS) is 16.5. The van der Waals surface area contributed by atoms with E-state index in [1.165, 1.54) is 0 Å². The summed E-state index contributed by atoms with van der Waals surface area (Å²) in [5, 5.41) is 15.9. The summed E-state index contributed by atoms with van der Waals surface area (Å²) in [6, 6.07) is 11.5. The zero-order valence-electron chi connectivity index (χ0n) is 16.1. The van der Waals surface area contributed by atoms with E-state index in [9.17, 15) is 5.11 Å². The zero-order chi connectivity index (χ0) is 20.2. The molecule has 0 amide bonds. The average molecular weight is 475 g/mol. The van der Waals surface area contributed by atoms with Crippen molar-refractivity contribution in [2.75, 3.05) is 18.4 Å². The van der Waals surface area contributed by atoms with Crippen LogP contribution in [0.15, 0.2) is 52.4 Å². The largest absolute Gasteiger partial charge is 0.453 e. The van der Waals surface area contributed by atoms with E-state index in [-0.39, 0.29) is 6.23 Å². The molecule has 2 N–H and O–H groups in total. The SMILES string of the molecule is CC(O)N1CCC(c2csc(Nc3ncc(Br)cc3Oc3ccccc3)n2)CC1. The lowest BCUT2D eigenvalue weighted by Gasteiger charge is -2.33. The summed E-state index contributed by atoms with van der Waals surface area (Å²) in [5.74, 6) is 2.43. The molecule has 1 aromatic carbocycles. The van der Waals surface area contributed by atoms with E-state index < -0.39 is 0 Å². The molecule has 1 saturated heterocycles. The lowest BCUT2D eigenvalue weighted by atomic mass is 9.94. The number of rotatable bonds is 6. The number of piperidine rings is 1. The number of halogens is 1. The number of thiazole rings is 1. The lowest BCUT2D eigenvalue weighted by molar-refractivity contribution is 0.00284. The Morgan fingerprint density at radius 2 is 2.03 bits per heavy atom. The van der Waals surface area contributed by atoms with Crippen LogP contribution in [0.25, 0.3) is 0 Å². The van der Waals surface area contributed by atoms with E-state index in [0.717, 1.165) is 47.0 Å². The number of likely N-dealkylation sites (tertiary alicyclic amines) is 1. The maximum atomic E-state index is 9.73. The maximum Gasteiger partial charge on any atom is 0.188 e. The van der Waals surface area contributed by atoms with Crippen LogP contribution in [0.4, 0.5) is 10.9 Å². The molecule has 29 heavy (non-hydrogen) atoms. The molecule has 3 aromatic rings. The highest BCUT2D eigenvalue weighted by Gasteiger charge is 2.24. The summed E-state index contributed by atoms with van der Waals surface area (Å²) in [5.41, 5.74) is 1.10. The number of benzene rings is 1. The molecule has 1 aliphatic rings. The van der Waals surface area contributed by atoms with Crippen molar-refractivity contribution in [1.82, 2.24) is 14.9 Å². The monoisotopic (exact) mass is 474 g/mol. The number of pyridine rings is 1. The minimum absolute atomic E-state index is 0.380. The summed E-state index contributed by atoms with van der Waals surface area (Å²) in [6.45, 7) is 3.61. The topological polar surface area (TPSA) is 70.5 Å². The van der Waals surface area contributed by atoms with E-state index in [1.807, 2.05) is 43.3 Å². The third-order valence-corrected chi connectivity index (χ3v) is 6.22. The van der Waals surface area contributed by atoms with Gasteiger partial charge in [0.25, 0.3) is 0 Å². The molecule has 1 unspecified atom stereocenters. The molecular weight excluding hydrogens is 452 g/mol. The lowest BCUT2D eigenvalue weighted by Crippen LogP contribution is -2.39. The maximum absolute atomic E-state index is 9.73. The van der Waals surface area contributed by atoms with Gasteiger partial charge in [-0.05, 0) is 47.8 Å². The summed E-state index contributed by atoms with van der Waals surface area (Å²) >= 11 is 5.03. The molecule has 3 heterocycles. The molecule has 1 aliphatic heterocycles. The van der Waals surface area contributed by atoms with Gasteiger partial charge in [-0.3, -0.25) is 4.90 Å². The van der Waals surface area contributed by atoms with Crippen LogP contribution in [0.5, 0.6) is 11.5 Å². The quantitative estimate of drug-likeness (QED) is 0.501. The van der Waals surface area contributed by atoms with Crippen LogP contribution < -0.4 is 10.1 Å². The van der Waals surface area contributed by atoms with Gasteiger partial charge < -0.3 is 15.2 Å². The van der Waals surface area contributed by atoms with Gasteiger partial charge in [0.1, 0.15) is 12.0 Å². The van der Waals surface area contributed by atoms with Gasteiger partial charge in [0.05, 0.1) is 5.69 Å². The third kappa shape index (κ3) is 5.14. The Balaban J connectivity index is 1.46. The Morgan fingerprint density at radius 3 is 2.76 bits per heavy atom. The summed E-state index contributed by atoms with van der Waals surface area (Å²) in [4.78, 5) is 11.4. The van der Waals surface area contributed by atoms with E-state index >= 15 is 0 Å². The first kappa shape index (κ1) is 20.3. The molecule has 8 heteroatoms. The van der Waals surface area contributed by atoms with Crippen molar-refractivity contribution < 1.29 is 9.84 Å². The van der Waals surface area contributed by atoms with Crippen molar-refractivity contribution in [3.05, 3.63) is 58.1 Å². The Labute approximate surface area is 182 Å². The Morgan fingerprint density at radius 1 is 1.28 bits per heavy atom. The first-order valence-electron chi connectivity index (χ1n) is 9.61. The molecular formula is C21H23BrN4O2S. The fourth-order valence-corrected chi connectivity index (χ4v) is 4.51. The van der Waals surface area contributed by atoms with E-state index in [2.05, 4.69) is 36.5 Å². The second-order valence-corrected chi connectivity index (χ2v) is 8.83. The molecule has 2 aromatic heterocycles. The predicted octanol–water partition coefficient (Wildman–Crippen LogP) is 5.35. The van der Waals surface area contributed by atoms with Crippen LogP contribution in [0.3, 0.4) is 0 Å². The molecule has 0 aliphatic carbocycles. The van der Waals surface area contributed by atoms with Gasteiger partial charge in [0.15, 0.2) is 16.7 Å². The van der Waals surface area contributed by atoms with Gasteiger partial charge in [-0.2, -0.15) is 0 Å². The highest BCUT2D eigenvalue weighted by molar-refractivity contribution is 9.10. The third-order valence-electron chi connectivity index (χ3n) is 5.01.